The van der Waals surface area contributed by atoms with Crippen LogP contribution in [-0.4, -0.2) is 22.3 Å². The van der Waals surface area contributed by atoms with Crippen LogP contribution in [0.3, 0.4) is 0 Å². The van der Waals surface area contributed by atoms with Crippen molar-refractivity contribution >= 4 is 11.6 Å². The lowest BCUT2D eigenvalue weighted by atomic mass is 10.1. The standard InChI is InChI=1S/C16H23N5/c1-11-6-5-7-14(10-11)19-16(17)18-9-8-15-12(2)20-21(4)13(15)3/h5-7,10H,8-9H2,1-4H3,(H3,17,18,19). The molecule has 1 aromatic carbocycles. The molecule has 0 fully saturated rings. The number of guanidine groups is 1. The van der Waals surface area contributed by atoms with Crippen LogP contribution in [0.5, 0.6) is 0 Å². The molecule has 2 aromatic rings. The fourth-order valence-electron chi connectivity index (χ4n) is 2.38. The first kappa shape index (κ1) is 15.1. The maximum Gasteiger partial charge on any atom is 0.193 e. The molecule has 0 amide bonds. The number of aliphatic imine (C=N–C) groups is 1. The highest BCUT2D eigenvalue weighted by Crippen LogP contribution is 2.12. The Balaban J connectivity index is 1.95. The monoisotopic (exact) mass is 285 g/mol. The average molecular weight is 285 g/mol. The number of hydrogen-bond acceptors (Lipinski definition) is 2. The summed E-state index contributed by atoms with van der Waals surface area (Å²) in [5.41, 5.74) is 11.6. The molecule has 1 heterocycles. The quantitative estimate of drug-likeness (QED) is 0.669. The van der Waals surface area contributed by atoms with Crippen molar-refractivity contribution in [3.63, 3.8) is 0 Å². The van der Waals surface area contributed by atoms with E-state index in [2.05, 4.69) is 22.3 Å². The van der Waals surface area contributed by atoms with Crippen molar-refractivity contribution in [2.24, 2.45) is 17.8 Å². The Morgan fingerprint density at radius 2 is 2.10 bits per heavy atom. The lowest BCUT2D eigenvalue weighted by Crippen LogP contribution is -2.23. The van der Waals surface area contributed by atoms with Gasteiger partial charge < -0.3 is 11.1 Å². The molecule has 21 heavy (non-hydrogen) atoms. The molecule has 5 nitrogen and oxygen atoms in total. The average Bonchev–Trinajstić information content (AvgIpc) is 2.65. The van der Waals surface area contributed by atoms with Gasteiger partial charge in [-0.05, 0) is 50.5 Å². The molecule has 0 radical (unpaired) electrons. The van der Waals surface area contributed by atoms with Crippen LogP contribution in [0.4, 0.5) is 5.69 Å². The Labute approximate surface area is 125 Å². The topological polar surface area (TPSA) is 68.2 Å². The summed E-state index contributed by atoms with van der Waals surface area (Å²) in [4.78, 5) is 4.38. The van der Waals surface area contributed by atoms with Crippen molar-refractivity contribution in [2.45, 2.75) is 27.2 Å². The van der Waals surface area contributed by atoms with Crippen molar-refractivity contribution in [2.75, 3.05) is 11.9 Å². The van der Waals surface area contributed by atoms with Crippen molar-refractivity contribution < 1.29 is 0 Å². The Morgan fingerprint density at radius 3 is 2.71 bits per heavy atom. The summed E-state index contributed by atoms with van der Waals surface area (Å²) >= 11 is 0. The van der Waals surface area contributed by atoms with E-state index in [0.717, 1.165) is 17.8 Å². The second-order valence-electron chi connectivity index (χ2n) is 5.28. The normalized spacial score (nSPS) is 11.7. The Kier molecular flexibility index (Phi) is 4.62. The summed E-state index contributed by atoms with van der Waals surface area (Å²) < 4.78 is 1.91. The molecular formula is C16H23N5. The van der Waals surface area contributed by atoms with Crippen molar-refractivity contribution in [1.29, 1.82) is 0 Å². The predicted molar refractivity (Wildman–Crippen MR) is 87.7 cm³/mol. The van der Waals surface area contributed by atoms with Gasteiger partial charge in [-0.25, -0.2) is 0 Å². The first-order chi connectivity index (χ1) is 9.97. The first-order valence-corrected chi connectivity index (χ1v) is 7.10. The van der Waals surface area contributed by atoms with Crippen LogP contribution < -0.4 is 11.1 Å². The number of nitrogens with one attached hydrogen (secondary N) is 1. The van der Waals surface area contributed by atoms with Gasteiger partial charge >= 0.3 is 0 Å². The lowest BCUT2D eigenvalue weighted by Gasteiger charge is -2.06. The third kappa shape index (κ3) is 3.84. The number of rotatable bonds is 4. The molecule has 1 aromatic heterocycles. The molecule has 0 saturated heterocycles. The number of benzene rings is 1. The molecule has 0 saturated carbocycles. The van der Waals surface area contributed by atoms with E-state index >= 15 is 0 Å². The second-order valence-corrected chi connectivity index (χ2v) is 5.28. The minimum absolute atomic E-state index is 0.444. The third-order valence-electron chi connectivity index (χ3n) is 3.59. The molecule has 5 heteroatoms. The maximum atomic E-state index is 5.92. The zero-order valence-electron chi connectivity index (χ0n) is 13.1. The lowest BCUT2D eigenvalue weighted by molar-refractivity contribution is 0.730. The fourth-order valence-corrected chi connectivity index (χ4v) is 2.38. The minimum atomic E-state index is 0.444. The Hall–Kier alpha value is -2.30. The largest absolute Gasteiger partial charge is 0.370 e. The van der Waals surface area contributed by atoms with Crippen molar-refractivity contribution in [3.8, 4) is 0 Å². The number of hydrogen-bond donors (Lipinski definition) is 2. The molecule has 0 atom stereocenters. The summed E-state index contributed by atoms with van der Waals surface area (Å²) in [6.45, 7) is 6.80. The van der Waals surface area contributed by atoms with Gasteiger partial charge in [0.25, 0.3) is 0 Å². The highest BCUT2D eigenvalue weighted by molar-refractivity contribution is 5.92. The van der Waals surface area contributed by atoms with Crippen LogP contribution in [0, 0.1) is 20.8 Å². The number of aromatic nitrogens is 2. The third-order valence-corrected chi connectivity index (χ3v) is 3.59. The summed E-state index contributed by atoms with van der Waals surface area (Å²) in [5, 5.41) is 7.52. The van der Waals surface area contributed by atoms with Crippen LogP contribution in [0.25, 0.3) is 0 Å². The summed E-state index contributed by atoms with van der Waals surface area (Å²) in [6.07, 6.45) is 0.849. The van der Waals surface area contributed by atoms with Crippen LogP contribution in [0.1, 0.15) is 22.5 Å². The Bertz CT molecular complexity index is 655. The highest BCUT2D eigenvalue weighted by atomic mass is 15.3. The maximum absolute atomic E-state index is 5.92. The van der Waals surface area contributed by atoms with Crippen LogP contribution in [-0.2, 0) is 13.5 Å². The van der Waals surface area contributed by atoms with Gasteiger partial charge in [0.15, 0.2) is 5.96 Å². The minimum Gasteiger partial charge on any atom is -0.370 e. The molecule has 3 N–H and O–H groups in total. The van der Waals surface area contributed by atoms with Gasteiger partial charge in [0.05, 0.1) is 5.69 Å². The smallest absolute Gasteiger partial charge is 0.193 e. The van der Waals surface area contributed by atoms with Gasteiger partial charge in [0.2, 0.25) is 0 Å². The van der Waals surface area contributed by atoms with E-state index in [0.29, 0.717) is 12.5 Å². The van der Waals surface area contributed by atoms with Crippen molar-refractivity contribution in [1.82, 2.24) is 9.78 Å². The first-order valence-electron chi connectivity index (χ1n) is 7.10. The van der Waals surface area contributed by atoms with Gasteiger partial charge in [0.1, 0.15) is 0 Å². The zero-order valence-corrected chi connectivity index (χ0v) is 13.1. The highest BCUT2D eigenvalue weighted by Gasteiger charge is 2.08. The molecular weight excluding hydrogens is 262 g/mol. The summed E-state index contributed by atoms with van der Waals surface area (Å²) in [7, 11) is 1.96. The van der Waals surface area contributed by atoms with E-state index in [-0.39, 0.29) is 0 Å². The SMILES string of the molecule is Cc1cccc(NC(N)=NCCc2c(C)nn(C)c2C)c1. The second kappa shape index (κ2) is 6.43. The van der Waals surface area contributed by atoms with Crippen LogP contribution in [0.15, 0.2) is 29.3 Å². The molecule has 0 bridgehead atoms. The van der Waals surface area contributed by atoms with Gasteiger partial charge in [0, 0.05) is 25.0 Å². The fraction of sp³-hybridized carbons (Fsp3) is 0.375. The molecule has 112 valence electrons. The predicted octanol–water partition coefficient (Wildman–Crippen LogP) is 2.31. The van der Waals surface area contributed by atoms with E-state index in [1.165, 1.54) is 16.8 Å². The van der Waals surface area contributed by atoms with Gasteiger partial charge in [-0.3, -0.25) is 9.67 Å². The van der Waals surface area contributed by atoms with Gasteiger partial charge in [-0.1, -0.05) is 12.1 Å². The van der Waals surface area contributed by atoms with E-state index in [9.17, 15) is 0 Å². The van der Waals surface area contributed by atoms with E-state index in [4.69, 9.17) is 5.73 Å². The van der Waals surface area contributed by atoms with Gasteiger partial charge in [-0.2, -0.15) is 5.10 Å². The van der Waals surface area contributed by atoms with Crippen LogP contribution >= 0.6 is 0 Å². The van der Waals surface area contributed by atoms with E-state index in [1.54, 1.807) is 0 Å². The number of nitrogens with zero attached hydrogens (tertiary/aromatic N) is 3. The molecule has 0 aliphatic heterocycles. The Morgan fingerprint density at radius 1 is 1.33 bits per heavy atom. The number of nitrogens with two attached hydrogens (primary N) is 1. The zero-order chi connectivity index (χ0) is 15.4. The van der Waals surface area contributed by atoms with Crippen LogP contribution in [0.2, 0.25) is 0 Å². The molecule has 0 aliphatic carbocycles. The molecule has 0 unspecified atom stereocenters. The number of aryl methyl sites for hydroxylation is 3. The molecule has 0 aliphatic rings. The molecule has 0 spiro atoms. The molecule has 2 rings (SSSR count). The number of anilines is 1. The van der Waals surface area contributed by atoms with E-state index in [1.807, 2.05) is 49.8 Å². The van der Waals surface area contributed by atoms with Crippen molar-refractivity contribution in [3.05, 3.63) is 46.8 Å². The van der Waals surface area contributed by atoms with Gasteiger partial charge in [-0.15, -0.1) is 0 Å². The summed E-state index contributed by atoms with van der Waals surface area (Å²) in [5.74, 6) is 0.444. The van der Waals surface area contributed by atoms with E-state index < -0.39 is 0 Å². The summed E-state index contributed by atoms with van der Waals surface area (Å²) in [6, 6.07) is 8.06.